The van der Waals surface area contributed by atoms with Crippen LogP contribution in [0.3, 0.4) is 0 Å². The van der Waals surface area contributed by atoms with Crippen LogP contribution < -0.4 is 0 Å². The molecule has 0 spiro atoms. The summed E-state index contributed by atoms with van der Waals surface area (Å²) in [4.78, 5) is 0. The molecule has 0 N–H and O–H groups in total. The summed E-state index contributed by atoms with van der Waals surface area (Å²) < 4.78 is 143. The van der Waals surface area contributed by atoms with Crippen molar-refractivity contribution in [1.82, 2.24) is 0 Å². The molecule has 10 aromatic carbocycles. The summed E-state index contributed by atoms with van der Waals surface area (Å²) in [7, 11) is 0. The maximum absolute atomic E-state index is 9.65. The zero-order valence-electron chi connectivity index (χ0n) is 42.7. The summed E-state index contributed by atoms with van der Waals surface area (Å²) >= 11 is 0. The van der Waals surface area contributed by atoms with Crippen molar-refractivity contribution in [2.45, 2.75) is 0 Å². The van der Waals surface area contributed by atoms with Crippen molar-refractivity contribution in [3.8, 4) is 44.5 Å². The SMILES string of the molecule is [2H]c1c([2H])c([2H])c2c([2H])c(-c3c4c([2H])c([2H])c([2H])c([2H])c4c(-c4cccc5cccc(-c6cccc7oc8cccc(-c9ccccc9)c8c67)c45)c4c([2H])c([2H])c([2H])c([2H])c34)c([2H])c([2H])c2c1[2H]. The quantitative estimate of drug-likeness (QED) is 0.168. The minimum atomic E-state index is -0.745. The van der Waals surface area contributed by atoms with Crippen molar-refractivity contribution in [2.75, 3.05) is 0 Å². The van der Waals surface area contributed by atoms with Crippen LogP contribution in [0.2, 0.25) is 0 Å². The van der Waals surface area contributed by atoms with Crippen LogP contribution in [0.1, 0.15) is 20.6 Å². The van der Waals surface area contributed by atoms with E-state index in [9.17, 15) is 8.22 Å². The van der Waals surface area contributed by atoms with Crippen molar-refractivity contribution in [3.63, 3.8) is 0 Å². The van der Waals surface area contributed by atoms with Crippen LogP contribution in [-0.4, -0.2) is 0 Å². The average Bonchev–Trinajstić information content (AvgIpc) is 3.74. The highest BCUT2D eigenvalue weighted by Crippen LogP contribution is 2.49. The van der Waals surface area contributed by atoms with E-state index in [-0.39, 0.29) is 32.7 Å². The fourth-order valence-electron chi connectivity index (χ4n) is 7.77. The number of hydrogen-bond acceptors (Lipinski definition) is 1. The molecule has 0 radical (unpaired) electrons. The average molecular weight is 688 g/mol. The molecule has 0 atom stereocenters. The number of furan rings is 1. The van der Waals surface area contributed by atoms with E-state index in [1.54, 1.807) is 12.1 Å². The first-order valence-electron chi connectivity index (χ1n) is 24.5. The Balaban J connectivity index is 1.37. The minimum absolute atomic E-state index is 0.0249. The van der Waals surface area contributed by atoms with Gasteiger partial charge in [0.1, 0.15) is 11.2 Å². The van der Waals surface area contributed by atoms with Gasteiger partial charge < -0.3 is 4.42 Å². The van der Waals surface area contributed by atoms with E-state index in [1.165, 1.54) is 0 Å². The van der Waals surface area contributed by atoms with Gasteiger partial charge in [-0.2, -0.15) is 0 Å². The van der Waals surface area contributed by atoms with Crippen LogP contribution in [0.15, 0.2) is 198 Å². The molecule has 0 aliphatic heterocycles. The van der Waals surface area contributed by atoms with Gasteiger partial charge in [0.15, 0.2) is 0 Å². The second kappa shape index (κ2) is 11.8. The molecule has 11 rings (SSSR count). The smallest absolute Gasteiger partial charge is 0.136 e. The van der Waals surface area contributed by atoms with Gasteiger partial charge in [0.05, 0.1) is 20.6 Å². The Morgan fingerprint density at radius 3 is 1.55 bits per heavy atom. The molecule has 0 aliphatic carbocycles. The topological polar surface area (TPSA) is 13.1 Å². The van der Waals surface area contributed by atoms with Crippen molar-refractivity contribution in [1.29, 1.82) is 0 Å². The molecule has 1 aromatic heterocycles. The van der Waals surface area contributed by atoms with Crippen LogP contribution in [-0.2, 0) is 0 Å². The Labute approximate surface area is 328 Å². The monoisotopic (exact) mass is 687 g/mol. The predicted octanol–water partition coefficient (Wildman–Crippen LogP) is 14.9. The molecular weight excluding hydrogens is 641 g/mol. The first kappa shape index (κ1) is 18.5. The molecule has 1 heterocycles. The Morgan fingerprint density at radius 1 is 0.340 bits per heavy atom. The lowest BCUT2D eigenvalue weighted by atomic mass is 9.83. The highest BCUT2D eigenvalue weighted by Gasteiger charge is 2.22. The van der Waals surface area contributed by atoms with Gasteiger partial charge in [-0.3, -0.25) is 0 Å². The summed E-state index contributed by atoms with van der Waals surface area (Å²) in [6.07, 6.45) is 0. The standard InChI is InChI=1S/C52H32O/c1-2-15-34(16-3-1)38-24-12-28-46-51(38)52-44(26-13-29-47(52)53-46)41-25-10-18-35-19-11-27-45(48(35)41)50-42-22-8-6-20-39(42)49(40-21-7-9-23-43(40)50)37-31-30-33-14-4-5-17-36(33)32-37/h1-32H/i4D,5D,6D,7D,8D,9D,14D,17D,20D,21D,22D,23D,30D,31D,32D. The second-order valence-corrected chi connectivity index (χ2v) is 12.8. The number of hydrogen-bond donors (Lipinski definition) is 0. The molecule has 0 unspecified atom stereocenters. The van der Waals surface area contributed by atoms with E-state index in [4.69, 9.17) is 16.8 Å². The number of benzene rings is 10. The molecule has 246 valence electrons. The summed E-state index contributed by atoms with van der Waals surface area (Å²) in [5.41, 5.74) is 4.05. The van der Waals surface area contributed by atoms with Gasteiger partial charge in [-0.25, -0.2) is 0 Å². The lowest BCUT2D eigenvalue weighted by Crippen LogP contribution is -1.93. The molecule has 1 heteroatoms. The summed E-state index contributed by atoms with van der Waals surface area (Å²) in [6, 6.07) is 22.4. The van der Waals surface area contributed by atoms with Gasteiger partial charge in [0, 0.05) is 10.8 Å². The van der Waals surface area contributed by atoms with Crippen LogP contribution in [0.4, 0.5) is 0 Å². The number of rotatable bonds is 4. The fraction of sp³-hybridized carbons (Fsp3) is 0. The molecule has 1 nitrogen and oxygen atoms in total. The summed E-state index contributed by atoms with van der Waals surface area (Å²) in [5, 5.41) is 1.06. The predicted molar refractivity (Wildman–Crippen MR) is 225 cm³/mol. The van der Waals surface area contributed by atoms with Gasteiger partial charge >= 0.3 is 0 Å². The molecule has 0 saturated carbocycles. The largest absolute Gasteiger partial charge is 0.456 e. The zero-order chi connectivity index (χ0) is 47.9. The maximum Gasteiger partial charge on any atom is 0.136 e. The third-order valence-corrected chi connectivity index (χ3v) is 9.95. The molecule has 11 aromatic rings. The van der Waals surface area contributed by atoms with Crippen LogP contribution in [0.5, 0.6) is 0 Å². The highest BCUT2D eigenvalue weighted by molar-refractivity contribution is 6.26. The van der Waals surface area contributed by atoms with Crippen molar-refractivity contribution in [3.05, 3.63) is 194 Å². The van der Waals surface area contributed by atoms with E-state index in [0.717, 1.165) is 27.5 Å². The fourth-order valence-corrected chi connectivity index (χ4v) is 7.77. The normalized spacial score (nSPS) is 15.7. The Morgan fingerprint density at radius 2 is 0.868 bits per heavy atom. The Bertz CT molecular complexity index is 4000. The van der Waals surface area contributed by atoms with Gasteiger partial charge in [-0.15, -0.1) is 0 Å². The van der Waals surface area contributed by atoms with E-state index in [1.807, 2.05) is 91.0 Å². The van der Waals surface area contributed by atoms with E-state index >= 15 is 0 Å². The second-order valence-electron chi connectivity index (χ2n) is 12.8. The van der Waals surface area contributed by atoms with E-state index in [2.05, 4.69) is 0 Å². The molecule has 53 heavy (non-hydrogen) atoms. The lowest BCUT2D eigenvalue weighted by molar-refractivity contribution is 0.669. The van der Waals surface area contributed by atoms with Crippen LogP contribution in [0, 0.1) is 0 Å². The lowest BCUT2D eigenvalue weighted by Gasteiger charge is -2.20. The molecule has 0 amide bonds. The molecular formula is C52H32O. The molecule has 0 bridgehead atoms. The van der Waals surface area contributed by atoms with Crippen molar-refractivity contribution in [2.24, 2.45) is 0 Å². The van der Waals surface area contributed by atoms with E-state index in [0.29, 0.717) is 33.1 Å². The molecule has 0 saturated heterocycles. The summed E-state index contributed by atoms with van der Waals surface area (Å²) in [6.45, 7) is 0. The highest BCUT2D eigenvalue weighted by atomic mass is 16.3. The van der Waals surface area contributed by atoms with Gasteiger partial charge in [-0.05, 0) is 106 Å². The van der Waals surface area contributed by atoms with Gasteiger partial charge in [0.25, 0.3) is 0 Å². The number of fused-ring (bicyclic) bond motifs is 7. The Kier molecular flexibility index (Phi) is 4.12. The third-order valence-electron chi connectivity index (χ3n) is 9.95. The maximum atomic E-state index is 9.65. The minimum Gasteiger partial charge on any atom is -0.456 e. The van der Waals surface area contributed by atoms with Crippen LogP contribution >= 0.6 is 0 Å². The molecule has 0 fully saturated rings. The first-order valence-corrected chi connectivity index (χ1v) is 17.0. The van der Waals surface area contributed by atoms with Gasteiger partial charge in [-0.1, -0.05) is 176 Å². The van der Waals surface area contributed by atoms with Crippen molar-refractivity contribution < 1.29 is 25.0 Å². The zero-order valence-corrected chi connectivity index (χ0v) is 27.7. The summed E-state index contributed by atoms with van der Waals surface area (Å²) in [5.74, 6) is 0. The van der Waals surface area contributed by atoms with E-state index < -0.39 is 107 Å². The Hall–Kier alpha value is -6.96. The third kappa shape index (κ3) is 4.58. The van der Waals surface area contributed by atoms with Gasteiger partial charge in [0.2, 0.25) is 0 Å². The van der Waals surface area contributed by atoms with Crippen LogP contribution in [0.25, 0.3) is 110 Å². The molecule has 0 aliphatic rings. The first-order chi connectivity index (χ1) is 32.6. The van der Waals surface area contributed by atoms with Crippen molar-refractivity contribution >= 4 is 65.0 Å².